The van der Waals surface area contributed by atoms with Crippen LogP contribution in [0.25, 0.3) is 10.2 Å². The van der Waals surface area contributed by atoms with Crippen molar-refractivity contribution in [3.05, 3.63) is 52.5 Å². The number of nitrogens with one attached hydrogen (secondary N) is 1. The molecule has 2 amide bonds. The summed E-state index contributed by atoms with van der Waals surface area (Å²) >= 11 is 1.62. The highest BCUT2D eigenvalue weighted by molar-refractivity contribution is 7.16. The molecule has 3 heterocycles. The highest BCUT2D eigenvalue weighted by atomic mass is 32.1. The monoisotopic (exact) mass is 421 g/mol. The molecule has 2 aromatic heterocycles. The van der Waals surface area contributed by atoms with Crippen LogP contribution < -0.4 is 10.2 Å². The van der Waals surface area contributed by atoms with Gasteiger partial charge in [-0.1, -0.05) is 25.0 Å². The number of thiophene rings is 1. The predicted octanol–water partition coefficient (Wildman–Crippen LogP) is 4.80. The Labute approximate surface area is 180 Å². The summed E-state index contributed by atoms with van der Waals surface area (Å²) in [6.45, 7) is 6.44. The molecule has 0 bridgehead atoms. The Morgan fingerprint density at radius 3 is 2.73 bits per heavy atom. The maximum absolute atomic E-state index is 13.8. The Bertz CT molecular complexity index is 1150. The molecule has 1 aliphatic carbocycles. The first-order valence-corrected chi connectivity index (χ1v) is 11.6. The number of benzene rings is 1. The second-order valence-corrected chi connectivity index (χ2v) is 9.78. The Kier molecular flexibility index (Phi) is 4.51. The largest absolute Gasteiger partial charge is 0.351 e. The van der Waals surface area contributed by atoms with E-state index in [0.717, 1.165) is 52.7 Å². The lowest BCUT2D eigenvalue weighted by Gasteiger charge is -2.45. The van der Waals surface area contributed by atoms with E-state index >= 15 is 0 Å². The summed E-state index contributed by atoms with van der Waals surface area (Å²) in [6, 6.07) is 10.2. The van der Waals surface area contributed by atoms with Crippen molar-refractivity contribution in [2.45, 2.75) is 64.6 Å². The van der Waals surface area contributed by atoms with Gasteiger partial charge in [0.25, 0.3) is 5.91 Å². The number of carbonyl (C=O) groups is 2. The Balaban J connectivity index is 1.66. The summed E-state index contributed by atoms with van der Waals surface area (Å²) in [5, 5.41) is 6.36. The van der Waals surface area contributed by atoms with Crippen molar-refractivity contribution in [2.24, 2.45) is 0 Å². The van der Waals surface area contributed by atoms with Crippen molar-refractivity contribution >= 4 is 39.1 Å². The van der Waals surface area contributed by atoms with Crippen LogP contribution in [0, 0.1) is 13.8 Å². The molecule has 1 saturated carbocycles. The summed E-state index contributed by atoms with van der Waals surface area (Å²) in [6.07, 6.45) is 4.34. The molecule has 5 rings (SSSR count). The SMILES string of the molecule is Cc1cccc(N2C(=O)c3cc4ccsc4n3C[C@@]2(C)C(=O)NC2CCCC2)c1C. The molecule has 156 valence electrons. The maximum atomic E-state index is 13.8. The zero-order valence-electron chi connectivity index (χ0n) is 17.7. The van der Waals surface area contributed by atoms with Gasteiger partial charge >= 0.3 is 0 Å². The molecule has 5 nitrogen and oxygen atoms in total. The third kappa shape index (κ3) is 2.81. The quantitative estimate of drug-likeness (QED) is 0.661. The maximum Gasteiger partial charge on any atom is 0.275 e. The van der Waals surface area contributed by atoms with Crippen molar-refractivity contribution in [1.82, 2.24) is 9.88 Å². The van der Waals surface area contributed by atoms with E-state index in [2.05, 4.69) is 5.32 Å². The van der Waals surface area contributed by atoms with E-state index in [1.165, 1.54) is 0 Å². The number of nitrogens with zero attached hydrogens (tertiary/aromatic N) is 2. The van der Waals surface area contributed by atoms with Crippen molar-refractivity contribution in [3.8, 4) is 0 Å². The molecule has 0 radical (unpaired) electrons. The van der Waals surface area contributed by atoms with Crippen LogP contribution in [0.15, 0.2) is 35.7 Å². The number of aryl methyl sites for hydroxylation is 1. The number of aromatic nitrogens is 1. The summed E-state index contributed by atoms with van der Waals surface area (Å²) in [5.41, 5.74) is 2.62. The third-order valence-electron chi connectivity index (χ3n) is 6.88. The minimum atomic E-state index is -0.999. The van der Waals surface area contributed by atoms with Gasteiger partial charge in [0, 0.05) is 17.1 Å². The van der Waals surface area contributed by atoms with Gasteiger partial charge in [-0.2, -0.15) is 0 Å². The highest BCUT2D eigenvalue weighted by Crippen LogP contribution is 2.39. The van der Waals surface area contributed by atoms with Crippen LogP contribution in [-0.4, -0.2) is 28.0 Å². The molecule has 3 aromatic rings. The molecule has 1 aromatic carbocycles. The zero-order chi connectivity index (χ0) is 21.0. The number of rotatable bonds is 3. The zero-order valence-corrected chi connectivity index (χ0v) is 18.5. The summed E-state index contributed by atoms with van der Waals surface area (Å²) in [7, 11) is 0. The molecular weight excluding hydrogens is 394 g/mol. The molecule has 0 unspecified atom stereocenters. The minimum Gasteiger partial charge on any atom is -0.351 e. The Morgan fingerprint density at radius 2 is 1.97 bits per heavy atom. The number of fused-ring (bicyclic) bond motifs is 3. The van der Waals surface area contributed by atoms with Crippen LogP contribution >= 0.6 is 11.3 Å². The van der Waals surface area contributed by atoms with Crippen LogP contribution in [0.4, 0.5) is 5.69 Å². The van der Waals surface area contributed by atoms with E-state index < -0.39 is 5.54 Å². The van der Waals surface area contributed by atoms with Gasteiger partial charge < -0.3 is 9.88 Å². The highest BCUT2D eigenvalue weighted by Gasteiger charge is 2.49. The fourth-order valence-electron chi connectivity index (χ4n) is 4.96. The van der Waals surface area contributed by atoms with Gasteiger partial charge in [-0.05, 0) is 68.3 Å². The second-order valence-electron chi connectivity index (χ2n) is 8.89. The Morgan fingerprint density at radius 1 is 1.20 bits per heavy atom. The van der Waals surface area contributed by atoms with E-state index in [4.69, 9.17) is 0 Å². The molecular formula is C24H27N3O2S. The summed E-state index contributed by atoms with van der Waals surface area (Å²) in [4.78, 5) is 30.3. The molecule has 0 spiro atoms. The molecule has 1 fully saturated rings. The van der Waals surface area contributed by atoms with Crippen LogP contribution in [0.2, 0.25) is 0 Å². The molecule has 1 atom stereocenters. The first-order valence-electron chi connectivity index (χ1n) is 10.7. The van der Waals surface area contributed by atoms with Gasteiger partial charge in [-0.3, -0.25) is 14.5 Å². The summed E-state index contributed by atoms with van der Waals surface area (Å²) in [5.74, 6) is -0.171. The minimum absolute atomic E-state index is 0.0623. The number of anilines is 1. The smallest absolute Gasteiger partial charge is 0.275 e. The molecule has 2 aliphatic rings. The average Bonchev–Trinajstić information content (AvgIpc) is 3.44. The fraction of sp³-hybridized carbons (Fsp3) is 0.417. The van der Waals surface area contributed by atoms with Crippen LogP contribution in [0.3, 0.4) is 0 Å². The summed E-state index contributed by atoms with van der Waals surface area (Å²) < 4.78 is 2.04. The van der Waals surface area contributed by atoms with E-state index in [1.54, 1.807) is 16.2 Å². The van der Waals surface area contributed by atoms with Crippen molar-refractivity contribution in [1.29, 1.82) is 0 Å². The van der Waals surface area contributed by atoms with Gasteiger partial charge in [0.05, 0.1) is 6.54 Å². The van der Waals surface area contributed by atoms with E-state index in [-0.39, 0.29) is 17.9 Å². The molecule has 1 aliphatic heterocycles. The van der Waals surface area contributed by atoms with E-state index in [9.17, 15) is 9.59 Å². The van der Waals surface area contributed by atoms with Gasteiger partial charge in [0.15, 0.2) is 0 Å². The van der Waals surface area contributed by atoms with Crippen molar-refractivity contribution < 1.29 is 9.59 Å². The average molecular weight is 422 g/mol. The number of amides is 2. The normalized spacial score (nSPS) is 22.0. The molecule has 0 saturated heterocycles. The molecule has 1 N–H and O–H groups in total. The van der Waals surface area contributed by atoms with Gasteiger partial charge in [0.2, 0.25) is 5.91 Å². The van der Waals surface area contributed by atoms with E-state index in [1.807, 2.05) is 61.1 Å². The predicted molar refractivity (Wildman–Crippen MR) is 121 cm³/mol. The van der Waals surface area contributed by atoms with Crippen molar-refractivity contribution in [2.75, 3.05) is 4.90 Å². The van der Waals surface area contributed by atoms with Crippen LogP contribution in [0.5, 0.6) is 0 Å². The lowest BCUT2D eigenvalue weighted by atomic mass is 9.92. The lowest BCUT2D eigenvalue weighted by molar-refractivity contribution is -0.127. The van der Waals surface area contributed by atoms with Crippen LogP contribution in [0.1, 0.15) is 54.2 Å². The van der Waals surface area contributed by atoms with Crippen LogP contribution in [-0.2, 0) is 11.3 Å². The van der Waals surface area contributed by atoms with Gasteiger partial charge in [0.1, 0.15) is 16.1 Å². The molecule has 30 heavy (non-hydrogen) atoms. The van der Waals surface area contributed by atoms with Gasteiger partial charge in [-0.25, -0.2) is 0 Å². The second kappa shape index (κ2) is 6.98. The van der Waals surface area contributed by atoms with E-state index in [0.29, 0.717) is 12.2 Å². The van der Waals surface area contributed by atoms with Gasteiger partial charge in [-0.15, -0.1) is 11.3 Å². The number of hydrogen-bond donors (Lipinski definition) is 1. The fourth-order valence-corrected chi connectivity index (χ4v) is 5.86. The number of carbonyl (C=O) groups excluding carboxylic acids is 2. The van der Waals surface area contributed by atoms with Crippen molar-refractivity contribution in [3.63, 3.8) is 0 Å². The molecule has 6 heteroatoms. The lowest BCUT2D eigenvalue weighted by Crippen LogP contribution is -2.65. The standard InChI is InChI=1S/C24H27N3O2S/c1-15-7-6-10-19(16(15)2)27-21(28)20-13-17-11-12-30-22(17)26(20)14-24(27,3)23(29)25-18-8-4-5-9-18/h6-7,10-13,18H,4-5,8-9,14H2,1-3H3,(H,25,29)/t24-/m0/s1. The number of hydrogen-bond acceptors (Lipinski definition) is 3. The Hall–Kier alpha value is -2.60. The third-order valence-corrected chi connectivity index (χ3v) is 7.83. The topological polar surface area (TPSA) is 54.3 Å². The first-order chi connectivity index (χ1) is 14.4. The first kappa shape index (κ1) is 19.4.